The van der Waals surface area contributed by atoms with E-state index in [2.05, 4.69) is 15.9 Å². The van der Waals surface area contributed by atoms with Gasteiger partial charge in [0, 0.05) is 17.5 Å². The van der Waals surface area contributed by atoms with Crippen molar-refractivity contribution in [2.24, 2.45) is 0 Å². The van der Waals surface area contributed by atoms with E-state index in [1.54, 1.807) is 7.11 Å². The lowest BCUT2D eigenvalue weighted by molar-refractivity contribution is 0.101. The van der Waals surface area contributed by atoms with Gasteiger partial charge in [0.05, 0.1) is 6.10 Å². The molecule has 0 amide bonds. The monoisotopic (exact) mass is 262 g/mol. The van der Waals surface area contributed by atoms with Crippen molar-refractivity contribution in [2.75, 3.05) is 12.4 Å². The molecule has 0 saturated carbocycles. The first-order chi connectivity index (χ1) is 6.27. The predicted molar refractivity (Wildman–Crippen MR) is 59.6 cm³/mol. The molecule has 0 saturated heterocycles. The van der Waals surface area contributed by atoms with Crippen molar-refractivity contribution in [3.8, 4) is 0 Å². The minimum absolute atomic E-state index is 0.164. The minimum Gasteiger partial charge on any atom is -0.377 e. The normalized spacial score (nSPS) is 12.8. The molecule has 1 aromatic carbocycles. The number of benzene rings is 1. The second kappa shape index (κ2) is 5.63. The van der Waals surface area contributed by atoms with Crippen molar-refractivity contribution in [3.05, 3.63) is 34.9 Å². The van der Waals surface area contributed by atoms with Gasteiger partial charge in [-0.05, 0) is 24.1 Å². The van der Waals surface area contributed by atoms with Gasteiger partial charge in [0.15, 0.2) is 0 Å². The van der Waals surface area contributed by atoms with Crippen molar-refractivity contribution in [2.45, 2.75) is 12.5 Å². The van der Waals surface area contributed by atoms with Crippen LogP contribution in [0.5, 0.6) is 0 Å². The van der Waals surface area contributed by atoms with E-state index in [-0.39, 0.29) is 6.10 Å². The van der Waals surface area contributed by atoms with Gasteiger partial charge >= 0.3 is 0 Å². The summed E-state index contributed by atoms with van der Waals surface area (Å²) in [6.07, 6.45) is 1.13. The number of alkyl halides is 1. The molecular weight excluding hydrogens is 251 g/mol. The third-order valence-electron chi connectivity index (χ3n) is 1.90. The third kappa shape index (κ3) is 3.29. The van der Waals surface area contributed by atoms with E-state index in [0.29, 0.717) is 0 Å². The molecule has 13 heavy (non-hydrogen) atoms. The van der Waals surface area contributed by atoms with Crippen LogP contribution in [0, 0.1) is 0 Å². The highest BCUT2D eigenvalue weighted by molar-refractivity contribution is 9.09. The Labute approximate surface area is 92.2 Å². The van der Waals surface area contributed by atoms with E-state index in [1.165, 1.54) is 5.56 Å². The number of ether oxygens (including phenoxy) is 1. The molecule has 0 fully saturated rings. The summed E-state index contributed by atoms with van der Waals surface area (Å²) in [6.45, 7) is 0. The third-order valence-corrected chi connectivity index (χ3v) is 2.61. The molecule has 1 rings (SSSR count). The first kappa shape index (κ1) is 11.0. The van der Waals surface area contributed by atoms with Crippen molar-refractivity contribution >= 4 is 27.5 Å². The number of rotatable bonds is 4. The minimum atomic E-state index is 0.164. The van der Waals surface area contributed by atoms with Crippen LogP contribution in [-0.4, -0.2) is 12.4 Å². The molecule has 1 nitrogen and oxygen atoms in total. The molecular formula is C10H12BrClO. The van der Waals surface area contributed by atoms with Gasteiger partial charge in [0.2, 0.25) is 0 Å². The molecule has 0 aliphatic carbocycles. The van der Waals surface area contributed by atoms with Gasteiger partial charge in [-0.1, -0.05) is 39.7 Å². The fourth-order valence-corrected chi connectivity index (χ4v) is 1.74. The van der Waals surface area contributed by atoms with Crippen molar-refractivity contribution in [1.82, 2.24) is 0 Å². The molecule has 1 atom stereocenters. The van der Waals surface area contributed by atoms with Crippen LogP contribution in [0.4, 0.5) is 0 Å². The Morgan fingerprint density at radius 1 is 1.38 bits per heavy atom. The number of hydrogen-bond donors (Lipinski definition) is 0. The first-order valence-corrected chi connectivity index (χ1v) is 5.62. The molecule has 0 aliphatic rings. The van der Waals surface area contributed by atoms with E-state index in [1.807, 2.05) is 24.3 Å². The Hall–Kier alpha value is -0.0500. The Morgan fingerprint density at radius 2 is 2.00 bits per heavy atom. The second-order valence-corrected chi connectivity index (χ2v) is 3.98. The Bertz CT molecular complexity index is 248. The summed E-state index contributed by atoms with van der Waals surface area (Å²) in [5, 5.41) is 1.70. The number of hydrogen-bond acceptors (Lipinski definition) is 1. The maximum atomic E-state index is 5.79. The Balaban J connectivity index is 2.73. The molecule has 3 heteroatoms. The van der Waals surface area contributed by atoms with Crippen LogP contribution in [0.25, 0.3) is 0 Å². The number of halogens is 2. The quantitative estimate of drug-likeness (QED) is 0.751. The smallest absolute Gasteiger partial charge is 0.0829 e. The van der Waals surface area contributed by atoms with Gasteiger partial charge in [-0.15, -0.1) is 0 Å². The molecule has 72 valence electrons. The van der Waals surface area contributed by atoms with E-state index in [9.17, 15) is 0 Å². The summed E-state index contributed by atoms with van der Waals surface area (Å²) in [5.74, 6) is 0. The standard InChI is InChI=1S/C10H12BrClO/c1-13-10(6-7-11)8-2-4-9(12)5-3-8/h2-5,10H,6-7H2,1H3. The van der Waals surface area contributed by atoms with Gasteiger partial charge in [-0.25, -0.2) is 0 Å². The summed E-state index contributed by atoms with van der Waals surface area (Å²) < 4.78 is 5.34. The summed E-state index contributed by atoms with van der Waals surface area (Å²) in [6, 6.07) is 7.77. The van der Waals surface area contributed by atoms with Crippen LogP contribution < -0.4 is 0 Å². The lowest BCUT2D eigenvalue weighted by Crippen LogP contribution is -2.01. The first-order valence-electron chi connectivity index (χ1n) is 4.12. The Kier molecular flexibility index (Phi) is 4.78. The number of methoxy groups -OCH3 is 1. The summed E-state index contributed by atoms with van der Waals surface area (Å²) in [5.41, 5.74) is 1.17. The van der Waals surface area contributed by atoms with E-state index in [4.69, 9.17) is 16.3 Å². The zero-order valence-electron chi connectivity index (χ0n) is 7.47. The molecule has 0 N–H and O–H groups in total. The van der Waals surface area contributed by atoms with Crippen LogP contribution in [0.3, 0.4) is 0 Å². The Morgan fingerprint density at radius 3 is 2.46 bits per heavy atom. The molecule has 0 aromatic heterocycles. The van der Waals surface area contributed by atoms with Crippen LogP contribution in [-0.2, 0) is 4.74 Å². The van der Waals surface area contributed by atoms with E-state index >= 15 is 0 Å². The maximum absolute atomic E-state index is 5.79. The molecule has 0 spiro atoms. The topological polar surface area (TPSA) is 9.23 Å². The lowest BCUT2D eigenvalue weighted by Gasteiger charge is -2.13. The fraction of sp³-hybridized carbons (Fsp3) is 0.400. The second-order valence-electron chi connectivity index (χ2n) is 2.75. The van der Waals surface area contributed by atoms with Crippen LogP contribution in [0.2, 0.25) is 5.02 Å². The summed E-state index contributed by atoms with van der Waals surface area (Å²) in [7, 11) is 1.72. The van der Waals surface area contributed by atoms with Crippen molar-refractivity contribution in [1.29, 1.82) is 0 Å². The zero-order valence-corrected chi connectivity index (χ0v) is 9.81. The predicted octanol–water partition coefficient (Wildman–Crippen LogP) is 3.81. The van der Waals surface area contributed by atoms with E-state index < -0.39 is 0 Å². The van der Waals surface area contributed by atoms with Crippen molar-refractivity contribution in [3.63, 3.8) is 0 Å². The average molecular weight is 264 g/mol. The van der Waals surface area contributed by atoms with Gasteiger partial charge in [0.25, 0.3) is 0 Å². The van der Waals surface area contributed by atoms with Crippen LogP contribution in [0.1, 0.15) is 18.1 Å². The van der Waals surface area contributed by atoms with Crippen LogP contribution >= 0.6 is 27.5 Å². The largest absolute Gasteiger partial charge is 0.377 e. The molecule has 1 unspecified atom stereocenters. The lowest BCUT2D eigenvalue weighted by atomic mass is 10.1. The molecule has 0 heterocycles. The highest BCUT2D eigenvalue weighted by Crippen LogP contribution is 2.22. The highest BCUT2D eigenvalue weighted by atomic mass is 79.9. The summed E-state index contributed by atoms with van der Waals surface area (Å²) >= 11 is 9.18. The van der Waals surface area contributed by atoms with Gasteiger partial charge in [-0.2, -0.15) is 0 Å². The molecule has 1 aromatic rings. The fourth-order valence-electron chi connectivity index (χ4n) is 1.20. The maximum Gasteiger partial charge on any atom is 0.0829 e. The summed E-state index contributed by atoms with van der Waals surface area (Å²) in [4.78, 5) is 0. The zero-order chi connectivity index (χ0) is 9.68. The molecule has 0 aliphatic heterocycles. The molecule has 0 bridgehead atoms. The average Bonchev–Trinajstić information content (AvgIpc) is 2.16. The van der Waals surface area contributed by atoms with Crippen LogP contribution in [0.15, 0.2) is 24.3 Å². The van der Waals surface area contributed by atoms with E-state index in [0.717, 1.165) is 16.8 Å². The van der Waals surface area contributed by atoms with Crippen molar-refractivity contribution < 1.29 is 4.74 Å². The van der Waals surface area contributed by atoms with Gasteiger partial charge in [0.1, 0.15) is 0 Å². The van der Waals surface area contributed by atoms with Gasteiger partial charge in [-0.3, -0.25) is 0 Å². The highest BCUT2D eigenvalue weighted by Gasteiger charge is 2.08. The van der Waals surface area contributed by atoms with Gasteiger partial charge < -0.3 is 4.74 Å². The molecule has 0 radical (unpaired) electrons. The SMILES string of the molecule is COC(CCBr)c1ccc(Cl)cc1.